The van der Waals surface area contributed by atoms with Gasteiger partial charge in [0, 0.05) is 28.5 Å². The molecule has 0 bridgehead atoms. The quantitative estimate of drug-likeness (QED) is 0.305. The molecular weight excluding hydrogens is 396 g/mol. The Morgan fingerprint density at radius 2 is 2.15 bits per heavy atom. The lowest BCUT2D eigenvalue weighted by Gasteiger charge is -2.08. The van der Waals surface area contributed by atoms with Crippen LogP contribution in [0.25, 0.3) is 0 Å². The number of halogens is 1. The molecule has 0 atom stereocenters. The van der Waals surface area contributed by atoms with E-state index in [0.717, 1.165) is 35.2 Å². The first kappa shape index (κ1) is 21.9. The van der Waals surface area contributed by atoms with Gasteiger partial charge in [0.2, 0.25) is 5.96 Å². The number of nitrogens with one attached hydrogen (secondary N) is 1. The Bertz CT molecular complexity index is 684. The van der Waals surface area contributed by atoms with E-state index < -0.39 is 0 Å². The van der Waals surface area contributed by atoms with Gasteiger partial charge in [0.05, 0.1) is 13.7 Å². The summed E-state index contributed by atoms with van der Waals surface area (Å²) in [6.45, 7) is 7.31. The minimum absolute atomic E-state index is 0.0455. The van der Waals surface area contributed by atoms with E-state index in [1.807, 2.05) is 18.2 Å². The van der Waals surface area contributed by atoms with Crippen LogP contribution in [-0.4, -0.2) is 39.1 Å². The van der Waals surface area contributed by atoms with Crippen LogP contribution in [0.2, 0.25) is 0 Å². The number of nitrogens with two attached hydrogens (primary N) is 2. The van der Waals surface area contributed by atoms with Gasteiger partial charge in [-0.25, -0.2) is 9.98 Å². The van der Waals surface area contributed by atoms with E-state index in [0.29, 0.717) is 24.5 Å². The van der Waals surface area contributed by atoms with Crippen LogP contribution in [0.15, 0.2) is 49.0 Å². The highest BCUT2D eigenvalue weighted by atomic mass is 79.9. The van der Waals surface area contributed by atoms with Gasteiger partial charge in [0.15, 0.2) is 0 Å². The number of methoxy groups -OCH3 is 1. The van der Waals surface area contributed by atoms with Crippen LogP contribution in [0, 0.1) is 0 Å². The Hall–Kier alpha value is -2.19. The minimum Gasteiger partial charge on any atom is -0.496 e. The average molecular weight is 423 g/mol. The first-order valence-corrected chi connectivity index (χ1v) is 9.13. The molecule has 0 aliphatic rings. The summed E-state index contributed by atoms with van der Waals surface area (Å²) in [7, 11) is 1.63. The van der Waals surface area contributed by atoms with E-state index in [2.05, 4.69) is 49.9 Å². The third kappa shape index (κ3) is 7.79. The predicted molar refractivity (Wildman–Crippen MR) is 113 cm³/mol. The summed E-state index contributed by atoms with van der Waals surface area (Å²) in [6, 6.07) is 5.78. The normalized spacial score (nSPS) is 13.0. The second kappa shape index (κ2) is 12.2. The van der Waals surface area contributed by atoms with Crippen LogP contribution in [-0.2, 0) is 6.54 Å². The third-order valence-corrected chi connectivity index (χ3v) is 3.97. The van der Waals surface area contributed by atoms with Gasteiger partial charge < -0.3 is 21.5 Å². The molecular formula is C18H27BrN6O. The number of hydrogen-bond acceptors (Lipinski definition) is 5. The fourth-order valence-corrected chi connectivity index (χ4v) is 2.38. The van der Waals surface area contributed by atoms with Crippen molar-refractivity contribution >= 4 is 34.8 Å². The second-order valence-electron chi connectivity index (χ2n) is 5.49. The van der Waals surface area contributed by atoms with Crippen molar-refractivity contribution in [2.45, 2.75) is 26.3 Å². The van der Waals surface area contributed by atoms with Gasteiger partial charge in [-0.1, -0.05) is 35.3 Å². The van der Waals surface area contributed by atoms with Crippen molar-refractivity contribution in [1.29, 1.82) is 0 Å². The van der Waals surface area contributed by atoms with Gasteiger partial charge in [-0.05, 0) is 31.8 Å². The maximum Gasteiger partial charge on any atom is 0.220 e. The fraction of sp³-hybridized carbons (Fsp3) is 0.389. The molecule has 0 aromatic heterocycles. The Balaban J connectivity index is 2.91. The number of rotatable bonds is 10. The van der Waals surface area contributed by atoms with Gasteiger partial charge in [0.25, 0.3) is 0 Å². The van der Waals surface area contributed by atoms with E-state index in [1.54, 1.807) is 13.3 Å². The molecule has 0 aliphatic carbocycles. The summed E-state index contributed by atoms with van der Waals surface area (Å²) >= 11 is 3.42. The third-order valence-electron chi connectivity index (χ3n) is 3.47. The number of ether oxygens (including phenoxy) is 1. The molecule has 1 aromatic rings. The number of nitrogens with zero attached hydrogens (tertiary/aromatic N) is 3. The van der Waals surface area contributed by atoms with Crippen molar-refractivity contribution in [2.24, 2.45) is 26.4 Å². The highest BCUT2D eigenvalue weighted by Crippen LogP contribution is 2.24. The molecule has 1 aromatic carbocycles. The van der Waals surface area contributed by atoms with Crippen LogP contribution in [0.1, 0.15) is 25.3 Å². The topological polar surface area (TPSA) is 110 Å². The van der Waals surface area contributed by atoms with Crippen molar-refractivity contribution in [3.8, 4) is 5.75 Å². The van der Waals surface area contributed by atoms with Gasteiger partial charge in [-0.15, -0.1) is 0 Å². The van der Waals surface area contributed by atoms with Crippen molar-refractivity contribution < 1.29 is 4.74 Å². The van der Waals surface area contributed by atoms with Crippen LogP contribution < -0.4 is 21.5 Å². The molecule has 26 heavy (non-hydrogen) atoms. The highest BCUT2D eigenvalue weighted by molar-refractivity contribution is 9.10. The van der Waals surface area contributed by atoms with Crippen LogP contribution >= 0.6 is 15.9 Å². The van der Waals surface area contributed by atoms with E-state index >= 15 is 0 Å². The first-order chi connectivity index (χ1) is 12.5. The first-order valence-electron chi connectivity index (χ1n) is 8.34. The summed E-state index contributed by atoms with van der Waals surface area (Å²) in [5.41, 5.74) is 13.7. The van der Waals surface area contributed by atoms with E-state index in [1.165, 1.54) is 0 Å². The minimum atomic E-state index is 0.0455. The second-order valence-corrected chi connectivity index (χ2v) is 6.41. The maximum absolute atomic E-state index is 6.13. The number of benzene rings is 1. The zero-order valence-electron chi connectivity index (χ0n) is 15.3. The smallest absolute Gasteiger partial charge is 0.220 e. The summed E-state index contributed by atoms with van der Waals surface area (Å²) in [6.07, 6.45) is 3.79. The van der Waals surface area contributed by atoms with Crippen molar-refractivity contribution in [3.63, 3.8) is 0 Å². The number of hydrogen-bond donors (Lipinski definition) is 3. The molecule has 0 amide bonds. The van der Waals surface area contributed by atoms with Crippen LogP contribution in [0.4, 0.5) is 0 Å². The molecule has 0 aliphatic heterocycles. The molecule has 0 radical (unpaired) electrons. The Labute approximate surface area is 163 Å². The summed E-state index contributed by atoms with van der Waals surface area (Å²) < 4.78 is 6.31. The van der Waals surface area contributed by atoms with Gasteiger partial charge in [-0.2, -0.15) is 0 Å². The lowest BCUT2D eigenvalue weighted by atomic mass is 10.2. The largest absolute Gasteiger partial charge is 0.496 e. The molecule has 7 nitrogen and oxygen atoms in total. The van der Waals surface area contributed by atoms with Crippen molar-refractivity contribution in [1.82, 2.24) is 5.32 Å². The van der Waals surface area contributed by atoms with E-state index in [4.69, 9.17) is 16.2 Å². The van der Waals surface area contributed by atoms with E-state index in [-0.39, 0.29) is 5.96 Å². The monoisotopic (exact) mass is 422 g/mol. The van der Waals surface area contributed by atoms with Crippen LogP contribution in [0.3, 0.4) is 0 Å². The lowest BCUT2D eigenvalue weighted by molar-refractivity contribution is 0.409. The summed E-state index contributed by atoms with van der Waals surface area (Å²) in [5, 5.41) is 3.26. The Morgan fingerprint density at radius 1 is 1.38 bits per heavy atom. The molecule has 0 saturated carbocycles. The standard InChI is InChI=1S/C18H27BrN6O/c1-4-5-8-23-11-15(20)16(25-18(21)22-2)12-24-10-13-6-7-14(19)9-17(13)26-3/h6-7,9,12,23H,2,4-5,8,10-11,20H2,1,3H3,(H2,21,25)/b16-15+,24-12?. The molecule has 0 spiro atoms. The molecule has 8 heteroatoms. The molecule has 5 N–H and O–H groups in total. The number of aliphatic imine (C=N–C) groups is 3. The molecule has 0 unspecified atom stereocenters. The molecule has 142 valence electrons. The Morgan fingerprint density at radius 3 is 2.81 bits per heavy atom. The molecule has 0 heterocycles. The summed E-state index contributed by atoms with van der Waals surface area (Å²) in [5.74, 6) is 0.802. The van der Waals surface area contributed by atoms with E-state index in [9.17, 15) is 0 Å². The lowest BCUT2D eigenvalue weighted by Crippen LogP contribution is -2.23. The SMILES string of the molecule is C=NC(N)=N/C(C=NCc1ccc(Br)cc1OC)=C(/N)CNCCCC. The summed E-state index contributed by atoms with van der Waals surface area (Å²) in [4.78, 5) is 12.2. The zero-order valence-corrected chi connectivity index (χ0v) is 16.9. The van der Waals surface area contributed by atoms with Crippen molar-refractivity contribution in [3.05, 3.63) is 39.6 Å². The van der Waals surface area contributed by atoms with Gasteiger partial charge in [0.1, 0.15) is 11.4 Å². The van der Waals surface area contributed by atoms with Crippen molar-refractivity contribution in [2.75, 3.05) is 20.2 Å². The van der Waals surface area contributed by atoms with Gasteiger partial charge >= 0.3 is 0 Å². The molecule has 1 rings (SSSR count). The number of unbranched alkanes of at least 4 members (excludes halogenated alkanes) is 1. The zero-order chi connectivity index (χ0) is 19.4. The Kier molecular flexibility index (Phi) is 10.3. The predicted octanol–water partition coefficient (Wildman–Crippen LogP) is 2.60. The van der Waals surface area contributed by atoms with Gasteiger partial charge in [-0.3, -0.25) is 4.99 Å². The fourth-order valence-electron chi connectivity index (χ4n) is 2.04. The maximum atomic E-state index is 6.13. The number of allylic oxidation sites excluding steroid dienone is 1. The molecule has 0 saturated heterocycles. The highest BCUT2D eigenvalue weighted by Gasteiger charge is 2.04. The molecule has 0 fully saturated rings. The van der Waals surface area contributed by atoms with Crippen LogP contribution in [0.5, 0.6) is 5.75 Å². The number of guanidine groups is 1. The average Bonchev–Trinajstić information content (AvgIpc) is 2.64.